The first kappa shape index (κ1) is 13.2. The number of carboxylic acid groups (broad SMARTS) is 1. The van der Waals surface area contributed by atoms with E-state index in [1.807, 2.05) is 17.5 Å². The maximum Gasteiger partial charge on any atom is 0.315 e. The fourth-order valence-corrected chi connectivity index (χ4v) is 2.07. The van der Waals surface area contributed by atoms with Crippen LogP contribution in [0.3, 0.4) is 0 Å². The van der Waals surface area contributed by atoms with Crippen molar-refractivity contribution in [2.75, 3.05) is 5.32 Å². The normalized spacial score (nSPS) is 11.8. The number of amides is 1. The highest BCUT2D eigenvalue weighted by Crippen LogP contribution is 2.23. The van der Waals surface area contributed by atoms with Crippen molar-refractivity contribution in [2.24, 2.45) is 5.92 Å². The molecule has 2 rings (SSSR count). The van der Waals surface area contributed by atoms with Crippen LogP contribution >= 0.6 is 11.3 Å². The second-order valence-corrected chi connectivity index (χ2v) is 4.86. The third kappa shape index (κ3) is 3.17. The molecule has 1 aromatic heterocycles. The Balaban J connectivity index is 2.07. The highest BCUT2D eigenvalue weighted by Gasteiger charge is 2.20. The van der Waals surface area contributed by atoms with Crippen LogP contribution in [0.4, 0.5) is 5.69 Å². The van der Waals surface area contributed by atoms with Crippen molar-refractivity contribution < 1.29 is 14.7 Å². The third-order valence-corrected chi connectivity index (χ3v) is 3.42. The second kappa shape index (κ2) is 5.62. The summed E-state index contributed by atoms with van der Waals surface area (Å²) in [5, 5.41) is 14.1. The van der Waals surface area contributed by atoms with Gasteiger partial charge in [0.2, 0.25) is 5.91 Å². The van der Waals surface area contributed by atoms with E-state index in [0.717, 1.165) is 10.6 Å². The number of anilines is 1. The van der Waals surface area contributed by atoms with Crippen molar-refractivity contribution in [1.29, 1.82) is 0 Å². The minimum atomic E-state index is -1.14. The van der Waals surface area contributed by atoms with Crippen LogP contribution in [-0.4, -0.2) is 22.0 Å². The molecule has 0 aliphatic rings. The minimum absolute atomic E-state index is 0.533. The summed E-state index contributed by atoms with van der Waals surface area (Å²) in [6, 6.07) is 7.12. The number of carbonyl (C=O) groups is 2. The highest BCUT2D eigenvalue weighted by atomic mass is 32.1. The Labute approximate surface area is 113 Å². The maximum atomic E-state index is 11.6. The summed E-state index contributed by atoms with van der Waals surface area (Å²) in [5.74, 6) is -2.75. The van der Waals surface area contributed by atoms with Crippen LogP contribution in [0.25, 0.3) is 10.6 Å². The van der Waals surface area contributed by atoms with Crippen molar-refractivity contribution in [3.63, 3.8) is 0 Å². The van der Waals surface area contributed by atoms with Gasteiger partial charge in [-0.3, -0.25) is 9.59 Å². The lowest BCUT2D eigenvalue weighted by Crippen LogP contribution is -2.26. The number of hydrogen-bond donors (Lipinski definition) is 2. The van der Waals surface area contributed by atoms with Crippen LogP contribution in [0.1, 0.15) is 6.92 Å². The summed E-state index contributed by atoms with van der Waals surface area (Å²) in [4.78, 5) is 26.4. The molecule has 0 radical (unpaired) electrons. The number of thiazole rings is 1. The number of aromatic nitrogens is 1. The molecule has 6 heteroatoms. The summed E-state index contributed by atoms with van der Waals surface area (Å²) in [6.07, 6.45) is 1.73. The molecular weight excluding hydrogens is 264 g/mol. The second-order valence-electron chi connectivity index (χ2n) is 3.96. The lowest BCUT2D eigenvalue weighted by Gasteiger charge is -2.08. The van der Waals surface area contributed by atoms with Gasteiger partial charge in [0.05, 0.1) is 0 Å². The van der Waals surface area contributed by atoms with E-state index in [1.165, 1.54) is 18.3 Å². The Morgan fingerprint density at radius 2 is 2.00 bits per heavy atom. The monoisotopic (exact) mass is 276 g/mol. The molecule has 5 nitrogen and oxygen atoms in total. The molecule has 0 saturated heterocycles. The molecule has 98 valence electrons. The largest absolute Gasteiger partial charge is 0.481 e. The average molecular weight is 276 g/mol. The standard InChI is InChI=1S/C13H12N2O3S/c1-8(13(17)18)11(16)15-10-4-2-9(3-5-10)12-14-6-7-19-12/h2-8H,1H3,(H,15,16)(H,17,18). The number of nitrogens with one attached hydrogen (secondary N) is 1. The zero-order valence-corrected chi connectivity index (χ0v) is 11.0. The molecule has 0 fully saturated rings. The average Bonchev–Trinajstić information content (AvgIpc) is 2.92. The van der Waals surface area contributed by atoms with E-state index in [4.69, 9.17) is 5.11 Å². The molecule has 1 amide bonds. The number of nitrogens with zero attached hydrogens (tertiary/aromatic N) is 1. The van der Waals surface area contributed by atoms with Gasteiger partial charge in [-0.15, -0.1) is 11.3 Å². The number of benzene rings is 1. The maximum absolute atomic E-state index is 11.6. The molecule has 19 heavy (non-hydrogen) atoms. The third-order valence-electron chi connectivity index (χ3n) is 2.60. The zero-order chi connectivity index (χ0) is 13.8. The first-order valence-electron chi connectivity index (χ1n) is 5.61. The minimum Gasteiger partial charge on any atom is -0.481 e. The highest BCUT2D eigenvalue weighted by molar-refractivity contribution is 7.13. The van der Waals surface area contributed by atoms with Gasteiger partial charge in [-0.1, -0.05) is 0 Å². The summed E-state index contributed by atoms with van der Waals surface area (Å²) in [6.45, 7) is 1.35. The molecule has 0 saturated carbocycles. The van der Waals surface area contributed by atoms with Gasteiger partial charge in [-0.25, -0.2) is 4.98 Å². The van der Waals surface area contributed by atoms with Crippen LogP contribution in [0.5, 0.6) is 0 Å². The summed E-state index contributed by atoms with van der Waals surface area (Å²) < 4.78 is 0. The quantitative estimate of drug-likeness (QED) is 0.841. The Kier molecular flexibility index (Phi) is 3.91. The van der Waals surface area contributed by atoms with Gasteiger partial charge in [0.1, 0.15) is 10.9 Å². The van der Waals surface area contributed by atoms with Crippen molar-refractivity contribution in [3.8, 4) is 10.6 Å². The van der Waals surface area contributed by atoms with Crippen LogP contribution in [-0.2, 0) is 9.59 Å². The Morgan fingerprint density at radius 3 is 2.53 bits per heavy atom. The molecule has 0 aliphatic heterocycles. The summed E-state index contributed by atoms with van der Waals surface area (Å²) in [5.41, 5.74) is 1.53. The van der Waals surface area contributed by atoms with E-state index in [-0.39, 0.29) is 0 Å². The molecule has 2 N–H and O–H groups in total. The Hall–Kier alpha value is -2.21. The molecule has 1 atom stereocenters. The van der Waals surface area contributed by atoms with E-state index in [9.17, 15) is 9.59 Å². The van der Waals surface area contributed by atoms with Gasteiger partial charge in [0, 0.05) is 22.8 Å². The van der Waals surface area contributed by atoms with E-state index in [0.29, 0.717) is 5.69 Å². The van der Waals surface area contributed by atoms with Crippen molar-refractivity contribution in [1.82, 2.24) is 4.98 Å². The summed E-state index contributed by atoms with van der Waals surface area (Å²) in [7, 11) is 0. The SMILES string of the molecule is CC(C(=O)O)C(=O)Nc1ccc(-c2nccs2)cc1. The smallest absolute Gasteiger partial charge is 0.315 e. The molecule has 0 aliphatic carbocycles. The Morgan fingerprint density at radius 1 is 1.32 bits per heavy atom. The topological polar surface area (TPSA) is 79.3 Å². The fraction of sp³-hybridized carbons (Fsp3) is 0.154. The van der Waals surface area contributed by atoms with Gasteiger partial charge in [-0.05, 0) is 31.2 Å². The van der Waals surface area contributed by atoms with Gasteiger partial charge in [0.15, 0.2) is 0 Å². The first-order chi connectivity index (χ1) is 9.08. The zero-order valence-electron chi connectivity index (χ0n) is 10.2. The molecule has 2 aromatic rings. The number of aliphatic carboxylic acids is 1. The fourth-order valence-electron chi connectivity index (χ4n) is 1.42. The number of carboxylic acids is 1. The Bertz CT molecular complexity index is 578. The van der Waals surface area contributed by atoms with Crippen LogP contribution < -0.4 is 5.32 Å². The predicted octanol–water partition coefficient (Wildman–Crippen LogP) is 2.47. The molecule has 1 unspecified atom stereocenters. The van der Waals surface area contributed by atoms with Crippen LogP contribution in [0, 0.1) is 5.92 Å². The first-order valence-corrected chi connectivity index (χ1v) is 6.49. The van der Waals surface area contributed by atoms with E-state index < -0.39 is 17.8 Å². The van der Waals surface area contributed by atoms with Crippen LogP contribution in [0.2, 0.25) is 0 Å². The van der Waals surface area contributed by atoms with E-state index in [1.54, 1.807) is 18.3 Å². The van der Waals surface area contributed by atoms with Gasteiger partial charge in [-0.2, -0.15) is 0 Å². The molecular formula is C13H12N2O3S. The lowest BCUT2D eigenvalue weighted by molar-refractivity contribution is -0.144. The number of rotatable bonds is 4. The van der Waals surface area contributed by atoms with Gasteiger partial charge in [0.25, 0.3) is 0 Å². The van der Waals surface area contributed by atoms with E-state index in [2.05, 4.69) is 10.3 Å². The van der Waals surface area contributed by atoms with Crippen molar-refractivity contribution >= 4 is 28.9 Å². The predicted molar refractivity (Wildman–Crippen MR) is 73.0 cm³/mol. The molecule has 1 heterocycles. The summed E-state index contributed by atoms with van der Waals surface area (Å²) >= 11 is 1.53. The molecule has 1 aromatic carbocycles. The van der Waals surface area contributed by atoms with Crippen molar-refractivity contribution in [2.45, 2.75) is 6.92 Å². The molecule has 0 spiro atoms. The van der Waals surface area contributed by atoms with Gasteiger partial charge < -0.3 is 10.4 Å². The van der Waals surface area contributed by atoms with Crippen LogP contribution in [0.15, 0.2) is 35.8 Å². The van der Waals surface area contributed by atoms with Gasteiger partial charge >= 0.3 is 5.97 Å². The van der Waals surface area contributed by atoms with E-state index >= 15 is 0 Å². The number of hydrogen-bond acceptors (Lipinski definition) is 4. The lowest BCUT2D eigenvalue weighted by atomic mass is 10.1. The van der Waals surface area contributed by atoms with Crippen molar-refractivity contribution in [3.05, 3.63) is 35.8 Å². The number of carbonyl (C=O) groups excluding carboxylic acids is 1. The molecule has 0 bridgehead atoms.